The predicted molar refractivity (Wildman–Crippen MR) is 78.0 cm³/mol. The number of H-pyrrole nitrogens is 1. The second-order valence-electron chi connectivity index (χ2n) is 5.81. The molecule has 0 aliphatic carbocycles. The Labute approximate surface area is 121 Å². The van der Waals surface area contributed by atoms with Gasteiger partial charge in [0.25, 0.3) is 5.91 Å². The Morgan fingerprint density at radius 2 is 2.00 bits per heavy atom. The van der Waals surface area contributed by atoms with Gasteiger partial charge < -0.3 is 20.6 Å². The van der Waals surface area contributed by atoms with Gasteiger partial charge >= 0.3 is 5.97 Å². The van der Waals surface area contributed by atoms with Crippen molar-refractivity contribution in [3.8, 4) is 5.75 Å². The summed E-state index contributed by atoms with van der Waals surface area (Å²) < 4.78 is 5.23. The molecule has 6 heteroatoms. The standard InChI is InChI=1S/C15H18N2O4/c1-15(2,3)21-11(19)7-9-13(14(16)20)12-8(17-9)5-4-6-10(12)18/h4-6,17-18H,7H2,1-3H3,(H2,16,20). The second-order valence-corrected chi connectivity index (χ2v) is 5.81. The zero-order valence-electron chi connectivity index (χ0n) is 12.2. The molecular weight excluding hydrogens is 272 g/mol. The normalized spacial score (nSPS) is 11.6. The molecular formula is C15H18N2O4. The first-order chi connectivity index (χ1) is 9.69. The third-order valence-electron chi connectivity index (χ3n) is 2.87. The minimum absolute atomic E-state index is 0.0620. The molecule has 0 saturated heterocycles. The summed E-state index contributed by atoms with van der Waals surface area (Å²) in [5, 5.41) is 10.2. The smallest absolute Gasteiger partial charge is 0.312 e. The molecule has 0 aliphatic heterocycles. The summed E-state index contributed by atoms with van der Waals surface area (Å²) in [5.74, 6) is -1.25. The highest BCUT2D eigenvalue weighted by Gasteiger charge is 2.23. The van der Waals surface area contributed by atoms with Crippen LogP contribution in [0.2, 0.25) is 0 Å². The van der Waals surface area contributed by atoms with Crippen molar-refractivity contribution >= 4 is 22.8 Å². The summed E-state index contributed by atoms with van der Waals surface area (Å²) in [6.07, 6.45) is -0.121. The number of aromatic hydroxyl groups is 1. The van der Waals surface area contributed by atoms with Gasteiger partial charge in [0.1, 0.15) is 11.4 Å². The highest BCUT2D eigenvalue weighted by atomic mass is 16.6. The number of benzene rings is 1. The maximum atomic E-state index is 11.9. The van der Waals surface area contributed by atoms with E-state index in [1.807, 2.05) is 0 Å². The zero-order valence-corrected chi connectivity index (χ0v) is 12.2. The number of hydrogen-bond donors (Lipinski definition) is 3. The summed E-state index contributed by atoms with van der Waals surface area (Å²) in [6.45, 7) is 5.28. The quantitative estimate of drug-likeness (QED) is 0.750. The predicted octanol–water partition coefficient (Wildman–Crippen LogP) is 1.86. The first-order valence-electron chi connectivity index (χ1n) is 6.53. The fourth-order valence-electron chi connectivity index (χ4n) is 2.21. The number of phenols is 1. The van der Waals surface area contributed by atoms with Gasteiger partial charge in [-0.3, -0.25) is 9.59 Å². The van der Waals surface area contributed by atoms with E-state index >= 15 is 0 Å². The van der Waals surface area contributed by atoms with Gasteiger partial charge in [0, 0.05) is 5.69 Å². The zero-order chi connectivity index (χ0) is 15.8. The number of carbonyl (C=O) groups is 2. The van der Waals surface area contributed by atoms with Gasteiger partial charge in [-0.2, -0.15) is 0 Å². The molecule has 0 atom stereocenters. The molecule has 112 valence electrons. The Morgan fingerprint density at radius 3 is 2.57 bits per heavy atom. The molecule has 2 rings (SSSR count). The molecule has 0 unspecified atom stereocenters. The van der Waals surface area contributed by atoms with E-state index in [-0.39, 0.29) is 17.7 Å². The third kappa shape index (κ3) is 3.16. The van der Waals surface area contributed by atoms with Crippen molar-refractivity contribution in [2.75, 3.05) is 0 Å². The number of aromatic nitrogens is 1. The lowest BCUT2D eigenvalue weighted by molar-refractivity contribution is -0.153. The molecule has 0 fully saturated rings. The number of fused-ring (bicyclic) bond motifs is 1. The lowest BCUT2D eigenvalue weighted by Gasteiger charge is -2.19. The van der Waals surface area contributed by atoms with Crippen molar-refractivity contribution in [1.29, 1.82) is 0 Å². The van der Waals surface area contributed by atoms with Gasteiger partial charge in [0.05, 0.1) is 22.9 Å². The van der Waals surface area contributed by atoms with Crippen LogP contribution in [0, 0.1) is 0 Å². The summed E-state index contributed by atoms with van der Waals surface area (Å²) in [5.41, 5.74) is 5.77. The topological polar surface area (TPSA) is 105 Å². The Bertz CT molecular complexity index is 710. The number of carbonyl (C=O) groups excluding carboxylic acids is 2. The number of amides is 1. The van der Waals surface area contributed by atoms with E-state index in [4.69, 9.17) is 10.5 Å². The maximum absolute atomic E-state index is 11.9. The van der Waals surface area contributed by atoms with E-state index in [0.717, 1.165) is 0 Å². The molecule has 1 heterocycles. The lowest BCUT2D eigenvalue weighted by atomic mass is 10.1. The van der Waals surface area contributed by atoms with Crippen LogP contribution in [0.15, 0.2) is 18.2 Å². The average Bonchev–Trinajstić information content (AvgIpc) is 2.65. The van der Waals surface area contributed by atoms with Gasteiger partial charge in [-0.25, -0.2) is 0 Å². The number of hydrogen-bond acceptors (Lipinski definition) is 4. The Hall–Kier alpha value is -2.50. The van der Waals surface area contributed by atoms with Crippen molar-refractivity contribution in [3.05, 3.63) is 29.5 Å². The van der Waals surface area contributed by atoms with Crippen LogP contribution in [-0.2, 0) is 16.0 Å². The number of rotatable bonds is 3. The van der Waals surface area contributed by atoms with E-state index in [2.05, 4.69) is 4.98 Å². The number of primary amides is 1. The Kier molecular flexibility index (Phi) is 3.63. The van der Waals surface area contributed by atoms with Crippen molar-refractivity contribution in [2.24, 2.45) is 5.73 Å². The van der Waals surface area contributed by atoms with E-state index in [9.17, 15) is 14.7 Å². The van der Waals surface area contributed by atoms with Crippen molar-refractivity contribution < 1.29 is 19.4 Å². The molecule has 21 heavy (non-hydrogen) atoms. The fourth-order valence-corrected chi connectivity index (χ4v) is 2.21. The minimum atomic E-state index is -0.707. The highest BCUT2D eigenvalue weighted by Crippen LogP contribution is 2.30. The van der Waals surface area contributed by atoms with Gasteiger partial charge in [-0.15, -0.1) is 0 Å². The summed E-state index contributed by atoms with van der Waals surface area (Å²) >= 11 is 0. The third-order valence-corrected chi connectivity index (χ3v) is 2.87. The van der Waals surface area contributed by atoms with Crippen LogP contribution in [0.1, 0.15) is 36.8 Å². The summed E-state index contributed by atoms with van der Waals surface area (Å²) in [4.78, 5) is 26.5. The van der Waals surface area contributed by atoms with Gasteiger partial charge in [0.2, 0.25) is 0 Å². The van der Waals surface area contributed by atoms with Gasteiger partial charge in [0.15, 0.2) is 0 Å². The average molecular weight is 290 g/mol. The molecule has 4 N–H and O–H groups in total. The van der Waals surface area contributed by atoms with Crippen molar-refractivity contribution in [3.63, 3.8) is 0 Å². The SMILES string of the molecule is CC(C)(C)OC(=O)Cc1[nH]c2cccc(O)c2c1C(N)=O. The number of aromatic amines is 1. The van der Waals surface area contributed by atoms with Crippen LogP contribution in [-0.4, -0.2) is 27.6 Å². The fraction of sp³-hybridized carbons (Fsp3) is 0.333. The van der Waals surface area contributed by atoms with Gasteiger partial charge in [-0.05, 0) is 32.9 Å². The minimum Gasteiger partial charge on any atom is -0.507 e. The molecule has 6 nitrogen and oxygen atoms in total. The van der Waals surface area contributed by atoms with Crippen LogP contribution in [0.25, 0.3) is 10.9 Å². The first kappa shape index (κ1) is 14.9. The van der Waals surface area contributed by atoms with Crippen molar-refractivity contribution in [2.45, 2.75) is 32.8 Å². The molecule has 0 radical (unpaired) electrons. The molecule has 2 aromatic rings. The van der Waals surface area contributed by atoms with E-state index in [1.165, 1.54) is 6.07 Å². The largest absolute Gasteiger partial charge is 0.507 e. The highest BCUT2D eigenvalue weighted by molar-refractivity contribution is 6.10. The number of nitrogens with two attached hydrogens (primary N) is 1. The van der Waals surface area contributed by atoms with Crippen LogP contribution < -0.4 is 5.73 Å². The molecule has 1 aromatic carbocycles. The number of phenolic OH excluding ortho intramolecular Hbond substituents is 1. The van der Waals surface area contributed by atoms with E-state index in [1.54, 1.807) is 32.9 Å². The van der Waals surface area contributed by atoms with Crippen LogP contribution in [0.4, 0.5) is 0 Å². The summed E-state index contributed by atoms with van der Waals surface area (Å²) in [6, 6.07) is 4.79. The molecule has 0 saturated carbocycles. The maximum Gasteiger partial charge on any atom is 0.312 e. The number of nitrogens with one attached hydrogen (secondary N) is 1. The number of ether oxygens (including phenoxy) is 1. The molecule has 0 spiro atoms. The molecule has 1 amide bonds. The monoisotopic (exact) mass is 290 g/mol. The summed E-state index contributed by atoms with van der Waals surface area (Å²) in [7, 11) is 0. The van der Waals surface area contributed by atoms with E-state index < -0.39 is 17.5 Å². The lowest BCUT2D eigenvalue weighted by Crippen LogP contribution is -2.25. The molecule has 0 bridgehead atoms. The second kappa shape index (κ2) is 5.12. The van der Waals surface area contributed by atoms with Gasteiger partial charge in [-0.1, -0.05) is 6.07 Å². The van der Waals surface area contributed by atoms with Crippen LogP contribution in [0.5, 0.6) is 5.75 Å². The van der Waals surface area contributed by atoms with E-state index in [0.29, 0.717) is 16.6 Å². The Morgan fingerprint density at radius 1 is 1.33 bits per heavy atom. The first-order valence-corrected chi connectivity index (χ1v) is 6.53. The Balaban J connectivity index is 2.45. The van der Waals surface area contributed by atoms with Crippen molar-refractivity contribution in [1.82, 2.24) is 4.98 Å². The molecule has 1 aromatic heterocycles. The number of esters is 1. The molecule has 0 aliphatic rings. The van der Waals surface area contributed by atoms with Crippen LogP contribution >= 0.6 is 0 Å². The van der Waals surface area contributed by atoms with Crippen LogP contribution in [0.3, 0.4) is 0 Å².